The second-order valence-corrected chi connectivity index (χ2v) is 8.61. The molecule has 3 heterocycles. The fourth-order valence-corrected chi connectivity index (χ4v) is 4.81. The molecule has 2 aliphatic rings. The molecular weight excluding hydrogens is 384 g/mol. The Morgan fingerprint density at radius 1 is 1.24 bits per heavy atom. The Balaban J connectivity index is 1.56. The predicted molar refractivity (Wildman–Crippen MR) is 114 cm³/mol. The Bertz CT molecular complexity index is 887. The van der Waals surface area contributed by atoms with Crippen LogP contribution in [0.2, 0.25) is 0 Å². The highest BCUT2D eigenvalue weighted by atomic mass is 32.1. The molecule has 0 aliphatic carbocycles. The summed E-state index contributed by atoms with van der Waals surface area (Å²) in [5.74, 6) is -0.00672. The van der Waals surface area contributed by atoms with Crippen molar-refractivity contribution in [3.05, 3.63) is 64.0 Å². The van der Waals surface area contributed by atoms with Gasteiger partial charge in [0.2, 0.25) is 11.8 Å². The van der Waals surface area contributed by atoms with E-state index in [1.54, 1.807) is 29.4 Å². The summed E-state index contributed by atoms with van der Waals surface area (Å²) in [6.07, 6.45) is 6.13. The summed E-state index contributed by atoms with van der Waals surface area (Å²) < 4.78 is 5.79. The Labute approximate surface area is 175 Å². The van der Waals surface area contributed by atoms with Crippen LogP contribution in [-0.2, 0) is 20.9 Å². The first kappa shape index (κ1) is 19.9. The summed E-state index contributed by atoms with van der Waals surface area (Å²) in [7, 11) is 0. The molecule has 0 N–H and O–H groups in total. The lowest BCUT2D eigenvalue weighted by Gasteiger charge is -2.34. The van der Waals surface area contributed by atoms with Gasteiger partial charge in [-0.1, -0.05) is 30.3 Å². The highest BCUT2D eigenvalue weighted by Gasteiger charge is 2.31. The second-order valence-electron chi connectivity index (χ2n) is 7.58. The van der Waals surface area contributed by atoms with Gasteiger partial charge in [0, 0.05) is 31.2 Å². The molecule has 0 radical (unpaired) electrons. The molecule has 152 valence electrons. The van der Waals surface area contributed by atoms with Gasteiger partial charge in [-0.2, -0.15) is 0 Å². The Hall–Kier alpha value is -2.44. The number of fused-ring (bicyclic) bond motifs is 1. The third-order valence-corrected chi connectivity index (χ3v) is 6.43. The van der Waals surface area contributed by atoms with Crippen LogP contribution in [0.3, 0.4) is 0 Å². The average molecular weight is 411 g/mol. The highest BCUT2D eigenvalue weighted by Crippen LogP contribution is 2.33. The maximum atomic E-state index is 13.4. The zero-order valence-electron chi connectivity index (χ0n) is 16.6. The summed E-state index contributed by atoms with van der Waals surface area (Å²) in [5.41, 5.74) is 2.08. The van der Waals surface area contributed by atoms with Crippen molar-refractivity contribution in [2.45, 2.75) is 44.9 Å². The van der Waals surface area contributed by atoms with Crippen LogP contribution < -0.4 is 0 Å². The minimum absolute atomic E-state index is 0.0512. The van der Waals surface area contributed by atoms with Crippen LogP contribution in [0.4, 0.5) is 0 Å². The van der Waals surface area contributed by atoms with Crippen molar-refractivity contribution >= 4 is 29.2 Å². The molecule has 2 atom stereocenters. The van der Waals surface area contributed by atoms with Crippen molar-refractivity contribution in [2.75, 3.05) is 13.2 Å². The number of hydrogen-bond donors (Lipinski definition) is 0. The smallest absolute Gasteiger partial charge is 0.225 e. The van der Waals surface area contributed by atoms with Gasteiger partial charge in [-0.3, -0.25) is 9.59 Å². The van der Waals surface area contributed by atoms with Crippen LogP contribution in [0.15, 0.2) is 48.0 Å². The minimum atomic E-state index is -0.281. The van der Waals surface area contributed by atoms with E-state index in [2.05, 4.69) is 6.07 Å². The molecule has 1 fully saturated rings. The van der Waals surface area contributed by atoms with E-state index in [9.17, 15) is 9.59 Å². The summed E-state index contributed by atoms with van der Waals surface area (Å²) in [4.78, 5) is 30.4. The zero-order chi connectivity index (χ0) is 20.2. The van der Waals surface area contributed by atoms with E-state index in [0.29, 0.717) is 13.1 Å². The first-order chi connectivity index (χ1) is 14.1. The maximum absolute atomic E-state index is 13.4. The van der Waals surface area contributed by atoms with Crippen LogP contribution >= 0.6 is 11.3 Å². The van der Waals surface area contributed by atoms with Crippen LogP contribution in [0.1, 0.15) is 48.2 Å². The quantitative estimate of drug-likeness (QED) is 0.716. The molecule has 0 saturated carbocycles. The topological polar surface area (TPSA) is 49.9 Å². The monoisotopic (exact) mass is 410 g/mol. The SMILES string of the molecule is CC(=O)N1C=Cc2ccccc2C1CC(=O)N(Cc1cccs1)CC1CCCO1. The molecular formula is C23H26N2O3S. The molecule has 0 bridgehead atoms. The van der Waals surface area contributed by atoms with Crippen molar-refractivity contribution in [1.82, 2.24) is 9.80 Å². The zero-order valence-corrected chi connectivity index (χ0v) is 17.4. The number of carbonyl (C=O) groups is 2. The van der Waals surface area contributed by atoms with E-state index in [1.807, 2.05) is 46.7 Å². The molecule has 2 unspecified atom stereocenters. The Morgan fingerprint density at radius 3 is 2.83 bits per heavy atom. The number of thiophene rings is 1. The Morgan fingerprint density at radius 2 is 2.10 bits per heavy atom. The molecule has 4 rings (SSSR count). The Kier molecular flexibility index (Phi) is 6.11. The third kappa shape index (κ3) is 4.60. The number of carbonyl (C=O) groups excluding carboxylic acids is 2. The van der Waals surface area contributed by atoms with Crippen LogP contribution in [0.25, 0.3) is 6.08 Å². The van der Waals surface area contributed by atoms with Crippen molar-refractivity contribution in [2.24, 2.45) is 0 Å². The van der Waals surface area contributed by atoms with Gasteiger partial charge in [0.25, 0.3) is 0 Å². The van der Waals surface area contributed by atoms with E-state index in [-0.39, 0.29) is 30.4 Å². The normalized spacial score (nSPS) is 20.5. The first-order valence-electron chi connectivity index (χ1n) is 10.1. The van der Waals surface area contributed by atoms with E-state index in [0.717, 1.165) is 35.5 Å². The first-order valence-corrected chi connectivity index (χ1v) is 11.0. The second kappa shape index (κ2) is 8.93. The third-order valence-electron chi connectivity index (χ3n) is 5.56. The molecule has 1 saturated heterocycles. The molecule has 5 nitrogen and oxygen atoms in total. The molecule has 2 aromatic rings. The van der Waals surface area contributed by atoms with Gasteiger partial charge in [0.05, 0.1) is 25.1 Å². The standard InChI is InChI=1S/C23H26N2O3S/c1-17(26)25-11-10-18-6-2-3-9-21(18)22(25)14-23(27)24(15-19-7-4-12-28-19)16-20-8-5-13-29-20/h2-3,5-6,8-11,13,19,22H,4,7,12,14-16H2,1H3. The molecule has 2 aliphatic heterocycles. The van der Waals surface area contributed by atoms with Crippen LogP contribution in [-0.4, -0.2) is 40.9 Å². The summed E-state index contributed by atoms with van der Waals surface area (Å²) >= 11 is 1.66. The van der Waals surface area contributed by atoms with Gasteiger partial charge in [0.15, 0.2) is 0 Å². The van der Waals surface area contributed by atoms with Gasteiger partial charge < -0.3 is 14.5 Å². The summed E-state index contributed by atoms with van der Waals surface area (Å²) in [6, 6.07) is 11.8. The average Bonchev–Trinajstić information content (AvgIpc) is 3.41. The summed E-state index contributed by atoms with van der Waals surface area (Å²) in [6.45, 7) is 3.50. The number of benzene rings is 1. The van der Waals surface area contributed by atoms with E-state index < -0.39 is 0 Å². The number of amides is 2. The number of hydrogen-bond acceptors (Lipinski definition) is 4. The fraction of sp³-hybridized carbons (Fsp3) is 0.391. The van der Waals surface area contributed by atoms with Crippen molar-refractivity contribution in [1.29, 1.82) is 0 Å². The number of ether oxygens (including phenoxy) is 1. The van der Waals surface area contributed by atoms with Gasteiger partial charge in [-0.05, 0) is 41.5 Å². The van der Waals surface area contributed by atoms with Gasteiger partial charge >= 0.3 is 0 Å². The lowest BCUT2D eigenvalue weighted by atomic mass is 9.93. The van der Waals surface area contributed by atoms with Gasteiger partial charge in [-0.15, -0.1) is 11.3 Å². The summed E-state index contributed by atoms with van der Waals surface area (Å²) in [5, 5.41) is 2.03. The van der Waals surface area contributed by atoms with Crippen molar-refractivity contribution in [3.63, 3.8) is 0 Å². The molecule has 2 amide bonds. The lowest BCUT2D eigenvalue weighted by molar-refractivity contribution is -0.136. The van der Waals surface area contributed by atoms with Crippen LogP contribution in [0, 0.1) is 0 Å². The number of rotatable bonds is 6. The van der Waals surface area contributed by atoms with Crippen molar-refractivity contribution < 1.29 is 14.3 Å². The number of nitrogens with zero attached hydrogens (tertiary/aromatic N) is 2. The maximum Gasteiger partial charge on any atom is 0.225 e. The van der Waals surface area contributed by atoms with Crippen molar-refractivity contribution in [3.8, 4) is 0 Å². The molecule has 1 aromatic heterocycles. The highest BCUT2D eigenvalue weighted by molar-refractivity contribution is 7.09. The fourth-order valence-electron chi connectivity index (χ4n) is 4.09. The molecule has 0 spiro atoms. The predicted octanol–water partition coefficient (Wildman–Crippen LogP) is 4.22. The van der Waals surface area contributed by atoms with E-state index in [4.69, 9.17) is 4.74 Å². The van der Waals surface area contributed by atoms with Gasteiger partial charge in [-0.25, -0.2) is 0 Å². The molecule has 1 aromatic carbocycles. The lowest BCUT2D eigenvalue weighted by Crippen LogP contribution is -2.40. The largest absolute Gasteiger partial charge is 0.376 e. The van der Waals surface area contributed by atoms with E-state index >= 15 is 0 Å². The van der Waals surface area contributed by atoms with E-state index in [1.165, 1.54) is 0 Å². The van der Waals surface area contributed by atoms with Crippen LogP contribution in [0.5, 0.6) is 0 Å². The minimum Gasteiger partial charge on any atom is -0.376 e. The molecule has 29 heavy (non-hydrogen) atoms. The molecule has 6 heteroatoms. The van der Waals surface area contributed by atoms with Gasteiger partial charge in [0.1, 0.15) is 0 Å².